The molecule has 0 N–H and O–H groups in total. The van der Waals surface area contributed by atoms with Gasteiger partial charge in [0.15, 0.2) is 5.79 Å². The highest BCUT2D eigenvalue weighted by molar-refractivity contribution is 9.10. The Kier molecular flexibility index (Phi) is 2.80. The van der Waals surface area contributed by atoms with Gasteiger partial charge in [0, 0.05) is 18.0 Å². The van der Waals surface area contributed by atoms with Crippen LogP contribution in [0.3, 0.4) is 0 Å². The molecule has 2 fully saturated rings. The van der Waals surface area contributed by atoms with Crippen LogP contribution in [-0.2, 0) is 14.9 Å². The van der Waals surface area contributed by atoms with Crippen molar-refractivity contribution in [3.05, 3.63) is 34.3 Å². The van der Waals surface area contributed by atoms with Gasteiger partial charge in [-0.1, -0.05) is 28.1 Å². The first-order valence-corrected chi connectivity index (χ1v) is 6.97. The van der Waals surface area contributed by atoms with Gasteiger partial charge >= 0.3 is 0 Å². The molecule has 1 saturated heterocycles. The number of fused-ring (bicyclic) bond motifs is 1. The molecule has 2 aliphatic rings. The molecule has 0 radical (unpaired) electrons. The molecule has 17 heavy (non-hydrogen) atoms. The minimum Gasteiger partial charge on any atom is -0.352 e. The van der Waals surface area contributed by atoms with Crippen LogP contribution < -0.4 is 0 Å². The van der Waals surface area contributed by atoms with Gasteiger partial charge in [-0.3, -0.25) is 0 Å². The highest BCUT2D eigenvalue weighted by Crippen LogP contribution is 2.56. The number of ether oxygens (including phenoxy) is 2. The van der Waals surface area contributed by atoms with Gasteiger partial charge in [0.25, 0.3) is 0 Å². The van der Waals surface area contributed by atoms with Crippen molar-refractivity contribution < 1.29 is 9.47 Å². The maximum absolute atomic E-state index is 5.97. The summed E-state index contributed by atoms with van der Waals surface area (Å²) in [6.07, 6.45) is 4.44. The smallest absolute Gasteiger partial charge is 0.177 e. The molecule has 1 aromatic rings. The highest BCUT2D eigenvalue weighted by atomic mass is 79.9. The SMILES string of the molecule is CO[C@]12CCC[C@@]1(c1ccc(Br)cc1)CCO2. The van der Waals surface area contributed by atoms with Crippen molar-refractivity contribution in [1.29, 1.82) is 0 Å². The van der Waals surface area contributed by atoms with E-state index >= 15 is 0 Å². The quantitative estimate of drug-likeness (QED) is 0.830. The summed E-state index contributed by atoms with van der Waals surface area (Å²) in [5, 5.41) is 0. The Labute approximate surface area is 110 Å². The van der Waals surface area contributed by atoms with Crippen LogP contribution >= 0.6 is 15.9 Å². The molecule has 1 aromatic carbocycles. The Morgan fingerprint density at radius 2 is 1.94 bits per heavy atom. The third-order valence-corrected chi connectivity index (χ3v) is 4.96. The molecular formula is C14H17BrO2. The van der Waals surface area contributed by atoms with Crippen molar-refractivity contribution in [2.75, 3.05) is 13.7 Å². The van der Waals surface area contributed by atoms with Crippen molar-refractivity contribution in [3.63, 3.8) is 0 Å². The number of halogens is 1. The standard InChI is InChI=1S/C14H17BrO2/c1-16-14-8-2-7-13(14,9-10-17-14)11-3-5-12(15)6-4-11/h3-6H,2,7-10H2,1H3/t13-,14-/m0/s1. The van der Waals surface area contributed by atoms with Gasteiger partial charge in [-0.2, -0.15) is 0 Å². The number of benzene rings is 1. The molecule has 0 amide bonds. The molecule has 1 saturated carbocycles. The maximum atomic E-state index is 5.97. The van der Waals surface area contributed by atoms with Crippen LogP contribution in [0.5, 0.6) is 0 Å². The maximum Gasteiger partial charge on any atom is 0.177 e. The van der Waals surface area contributed by atoms with E-state index in [1.54, 1.807) is 7.11 Å². The Morgan fingerprint density at radius 3 is 2.65 bits per heavy atom. The Hall–Kier alpha value is -0.380. The molecule has 2 nitrogen and oxygen atoms in total. The highest BCUT2D eigenvalue weighted by Gasteiger charge is 2.60. The van der Waals surface area contributed by atoms with Gasteiger partial charge in [-0.05, 0) is 37.0 Å². The van der Waals surface area contributed by atoms with E-state index in [4.69, 9.17) is 9.47 Å². The van der Waals surface area contributed by atoms with Crippen molar-refractivity contribution >= 4 is 15.9 Å². The number of hydrogen-bond donors (Lipinski definition) is 0. The van der Waals surface area contributed by atoms with Crippen LogP contribution in [0.4, 0.5) is 0 Å². The third kappa shape index (κ3) is 1.52. The lowest BCUT2D eigenvalue weighted by atomic mass is 9.74. The van der Waals surface area contributed by atoms with Crippen LogP contribution in [0.2, 0.25) is 0 Å². The average molecular weight is 297 g/mol. The molecule has 3 rings (SSSR count). The molecular weight excluding hydrogens is 280 g/mol. The minimum atomic E-state index is -0.374. The number of rotatable bonds is 2. The lowest BCUT2D eigenvalue weighted by molar-refractivity contribution is -0.213. The molecule has 3 heteroatoms. The number of hydrogen-bond acceptors (Lipinski definition) is 2. The molecule has 1 aliphatic carbocycles. The van der Waals surface area contributed by atoms with Crippen molar-refractivity contribution in [3.8, 4) is 0 Å². The van der Waals surface area contributed by atoms with E-state index in [-0.39, 0.29) is 11.2 Å². The van der Waals surface area contributed by atoms with Gasteiger partial charge < -0.3 is 9.47 Å². The van der Waals surface area contributed by atoms with Gasteiger partial charge in [0.05, 0.1) is 12.0 Å². The molecule has 1 heterocycles. The van der Waals surface area contributed by atoms with Crippen molar-refractivity contribution in [2.24, 2.45) is 0 Å². The zero-order valence-corrected chi connectivity index (χ0v) is 11.6. The second-order valence-electron chi connectivity index (χ2n) is 5.00. The lowest BCUT2D eigenvalue weighted by Gasteiger charge is -2.38. The monoisotopic (exact) mass is 296 g/mol. The van der Waals surface area contributed by atoms with E-state index in [2.05, 4.69) is 40.2 Å². The second-order valence-corrected chi connectivity index (χ2v) is 5.91. The van der Waals surface area contributed by atoms with Gasteiger partial charge in [-0.15, -0.1) is 0 Å². The first kappa shape index (κ1) is 11.7. The zero-order valence-electron chi connectivity index (χ0n) is 10.0. The van der Waals surface area contributed by atoms with Crippen LogP contribution in [0.25, 0.3) is 0 Å². The van der Waals surface area contributed by atoms with E-state index in [1.165, 1.54) is 18.4 Å². The normalized spacial score (nSPS) is 36.1. The molecule has 0 bridgehead atoms. The van der Waals surface area contributed by atoms with E-state index in [0.717, 1.165) is 23.9 Å². The lowest BCUT2D eigenvalue weighted by Crippen LogP contribution is -2.45. The topological polar surface area (TPSA) is 18.5 Å². The predicted molar refractivity (Wildman–Crippen MR) is 70.0 cm³/mol. The first-order chi connectivity index (χ1) is 8.22. The van der Waals surface area contributed by atoms with Gasteiger partial charge in [0.1, 0.15) is 0 Å². The van der Waals surface area contributed by atoms with Crippen LogP contribution in [-0.4, -0.2) is 19.5 Å². The summed E-state index contributed by atoms with van der Waals surface area (Å²) in [7, 11) is 1.78. The van der Waals surface area contributed by atoms with Crippen LogP contribution in [0.1, 0.15) is 31.2 Å². The fourth-order valence-corrected chi connectivity index (χ4v) is 3.87. The third-order valence-electron chi connectivity index (χ3n) is 4.43. The summed E-state index contributed by atoms with van der Waals surface area (Å²) >= 11 is 3.49. The predicted octanol–water partition coefficient (Wildman–Crippen LogP) is 3.63. The van der Waals surface area contributed by atoms with E-state index in [0.29, 0.717) is 0 Å². The molecule has 0 spiro atoms. The number of methoxy groups -OCH3 is 1. The zero-order chi connectivity index (χ0) is 11.9. The fraction of sp³-hybridized carbons (Fsp3) is 0.571. The Morgan fingerprint density at radius 1 is 1.18 bits per heavy atom. The molecule has 0 unspecified atom stereocenters. The van der Waals surface area contributed by atoms with Crippen molar-refractivity contribution in [1.82, 2.24) is 0 Å². The summed E-state index contributed by atoms with van der Waals surface area (Å²) in [5.74, 6) is -0.374. The Bertz CT molecular complexity index is 403. The van der Waals surface area contributed by atoms with E-state index < -0.39 is 0 Å². The molecule has 2 atom stereocenters. The largest absolute Gasteiger partial charge is 0.352 e. The summed E-state index contributed by atoms with van der Waals surface area (Å²) in [6, 6.07) is 8.64. The molecule has 92 valence electrons. The Balaban J connectivity index is 2.07. The van der Waals surface area contributed by atoms with Gasteiger partial charge in [-0.25, -0.2) is 0 Å². The average Bonchev–Trinajstić information content (AvgIpc) is 2.85. The molecule has 1 aliphatic heterocycles. The fourth-order valence-electron chi connectivity index (χ4n) is 3.60. The summed E-state index contributed by atoms with van der Waals surface area (Å²) in [5.41, 5.74) is 1.43. The van der Waals surface area contributed by atoms with Gasteiger partial charge in [0.2, 0.25) is 0 Å². The summed E-state index contributed by atoms with van der Waals surface area (Å²) in [4.78, 5) is 0. The van der Waals surface area contributed by atoms with Crippen LogP contribution in [0, 0.1) is 0 Å². The van der Waals surface area contributed by atoms with Crippen molar-refractivity contribution in [2.45, 2.75) is 36.9 Å². The first-order valence-electron chi connectivity index (χ1n) is 6.18. The summed E-state index contributed by atoms with van der Waals surface area (Å²) < 4.78 is 12.9. The summed E-state index contributed by atoms with van der Waals surface area (Å²) in [6.45, 7) is 0.809. The van der Waals surface area contributed by atoms with E-state index in [1.807, 2.05) is 0 Å². The second kappa shape index (κ2) is 4.08. The minimum absolute atomic E-state index is 0.0719. The molecule has 0 aromatic heterocycles. The van der Waals surface area contributed by atoms with Crippen LogP contribution in [0.15, 0.2) is 28.7 Å². The van der Waals surface area contributed by atoms with E-state index in [9.17, 15) is 0 Å².